The summed E-state index contributed by atoms with van der Waals surface area (Å²) >= 11 is 5.99. The molecule has 3 aromatic carbocycles. The van der Waals surface area contributed by atoms with Gasteiger partial charge >= 0.3 is 0 Å². The van der Waals surface area contributed by atoms with E-state index in [0.29, 0.717) is 10.8 Å². The number of anilines is 2. The molecule has 0 saturated carbocycles. The summed E-state index contributed by atoms with van der Waals surface area (Å²) in [5.41, 5.74) is 2.72. The van der Waals surface area contributed by atoms with Crippen molar-refractivity contribution in [1.29, 1.82) is 0 Å². The fourth-order valence-corrected chi connectivity index (χ4v) is 2.84. The molecule has 0 bridgehead atoms. The Morgan fingerprint density at radius 3 is 2.26 bits per heavy atom. The van der Waals surface area contributed by atoms with E-state index in [-0.39, 0.29) is 12.4 Å². The van der Waals surface area contributed by atoms with Crippen molar-refractivity contribution in [2.45, 2.75) is 0 Å². The van der Waals surface area contributed by atoms with E-state index in [4.69, 9.17) is 26.3 Å². The molecule has 1 heterocycles. The number of nitrogens with one attached hydrogen (secondary N) is 1. The van der Waals surface area contributed by atoms with E-state index >= 15 is 0 Å². The fourth-order valence-electron chi connectivity index (χ4n) is 2.71. The van der Waals surface area contributed by atoms with Gasteiger partial charge in [0, 0.05) is 21.7 Å². The summed E-state index contributed by atoms with van der Waals surface area (Å²) in [6, 6.07) is 23.2. The Morgan fingerprint density at radius 1 is 0.852 bits per heavy atom. The summed E-state index contributed by atoms with van der Waals surface area (Å²) in [6.07, 6.45) is 0. The van der Waals surface area contributed by atoms with Crippen molar-refractivity contribution in [3.05, 3.63) is 77.8 Å². The van der Waals surface area contributed by atoms with Gasteiger partial charge in [-0.05, 0) is 60.7 Å². The molecule has 4 aromatic rings. The summed E-state index contributed by atoms with van der Waals surface area (Å²) in [6.45, 7) is 0. The fraction of sp³-hybridized carbons (Fsp3) is 0.0476. The van der Waals surface area contributed by atoms with Crippen molar-refractivity contribution < 1.29 is 4.74 Å². The molecular weight excluding hydrogens is 381 g/mol. The van der Waals surface area contributed by atoms with Crippen LogP contribution in [0.3, 0.4) is 0 Å². The van der Waals surface area contributed by atoms with Gasteiger partial charge in [0.05, 0.1) is 12.6 Å². The van der Waals surface area contributed by atoms with Crippen LogP contribution in [0.5, 0.6) is 5.75 Å². The van der Waals surface area contributed by atoms with Crippen molar-refractivity contribution >= 4 is 46.4 Å². The Kier molecular flexibility index (Phi) is 5.79. The number of hydrogen-bond acceptors (Lipinski definition) is 4. The molecule has 0 aliphatic rings. The Bertz CT molecular complexity index is 1050. The van der Waals surface area contributed by atoms with E-state index in [9.17, 15) is 0 Å². The second kappa shape index (κ2) is 8.25. The van der Waals surface area contributed by atoms with Crippen LogP contribution >= 0.6 is 24.0 Å². The smallest absolute Gasteiger partial charge is 0.162 e. The molecule has 0 atom stereocenters. The zero-order chi connectivity index (χ0) is 17.9. The summed E-state index contributed by atoms with van der Waals surface area (Å²) in [4.78, 5) is 9.43. The number of halogens is 2. The van der Waals surface area contributed by atoms with Gasteiger partial charge in [0.1, 0.15) is 11.6 Å². The molecule has 0 aliphatic heterocycles. The number of aromatic nitrogens is 2. The van der Waals surface area contributed by atoms with Crippen LogP contribution < -0.4 is 10.1 Å². The maximum Gasteiger partial charge on any atom is 0.162 e. The lowest BCUT2D eigenvalue weighted by molar-refractivity contribution is 0.415. The Labute approximate surface area is 168 Å². The molecule has 0 unspecified atom stereocenters. The van der Waals surface area contributed by atoms with Gasteiger partial charge in [-0.1, -0.05) is 23.7 Å². The molecular formula is C21H17Cl2N3O. The average Bonchev–Trinajstić information content (AvgIpc) is 2.69. The van der Waals surface area contributed by atoms with Gasteiger partial charge in [0.15, 0.2) is 5.82 Å². The van der Waals surface area contributed by atoms with E-state index in [0.717, 1.165) is 33.7 Å². The van der Waals surface area contributed by atoms with Crippen LogP contribution in [0, 0.1) is 0 Å². The van der Waals surface area contributed by atoms with Gasteiger partial charge in [-0.2, -0.15) is 0 Å². The number of methoxy groups -OCH3 is 1. The molecule has 6 heteroatoms. The van der Waals surface area contributed by atoms with Crippen molar-refractivity contribution in [1.82, 2.24) is 9.97 Å². The van der Waals surface area contributed by atoms with Crippen LogP contribution in [0.1, 0.15) is 0 Å². The number of benzene rings is 3. The molecule has 0 saturated heterocycles. The first kappa shape index (κ1) is 19.0. The van der Waals surface area contributed by atoms with Gasteiger partial charge in [0.2, 0.25) is 0 Å². The first-order valence-electron chi connectivity index (χ1n) is 8.17. The van der Waals surface area contributed by atoms with Crippen LogP contribution in [0.4, 0.5) is 11.5 Å². The molecule has 1 aromatic heterocycles. The molecule has 1 N–H and O–H groups in total. The number of fused-ring (bicyclic) bond motifs is 1. The lowest BCUT2D eigenvalue weighted by atomic mass is 10.2. The van der Waals surface area contributed by atoms with Gasteiger partial charge in [0.25, 0.3) is 0 Å². The predicted molar refractivity (Wildman–Crippen MR) is 114 cm³/mol. The summed E-state index contributed by atoms with van der Waals surface area (Å²) in [5.74, 6) is 2.21. The molecule has 27 heavy (non-hydrogen) atoms. The molecule has 0 spiro atoms. The Morgan fingerprint density at radius 2 is 1.56 bits per heavy atom. The first-order chi connectivity index (χ1) is 12.7. The lowest BCUT2D eigenvalue weighted by Gasteiger charge is -2.11. The second-order valence-corrected chi connectivity index (χ2v) is 6.21. The van der Waals surface area contributed by atoms with Crippen LogP contribution in [0.15, 0.2) is 72.8 Å². The lowest BCUT2D eigenvalue weighted by Crippen LogP contribution is -1.99. The number of hydrogen-bond donors (Lipinski definition) is 1. The van der Waals surface area contributed by atoms with Gasteiger partial charge in [-0.25, -0.2) is 9.97 Å². The van der Waals surface area contributed by atoms with Crippen molar-refractivity contribution in [2.75, 3.05) is 12.4 Å². The van der Waals surface area contributed by atoms with Crippen molar-refractivity contribution in [3.8, 4) is 17.1 Å². The summed E-state index contributed by atoms with van der Waals surface area (Å²) in [5, 5.41) is 5.03. The van der Waals surface area contributed by atoms with E-state index < -0.39 is 0 Å². The minimum Gasteiger partial charge on any atom is -0.497 e. The molecule has 4 rings (SSSR count). The molecule has 4 nitrogen and oxygen atoms in total. The van der Waals surface area contributed by atoms with E-state index in [1.807, 2.05) is 72.8 Å². The third kappa shape index (κ3) is 4.13. The maximum atomic E-state index is 5.99. The Balaban J connectivity index is 0.00000210. The van der Waals surface area contributed by atoms with Gasteiger partial charge < -0.3 is 10.1 Å². The van der Waals surface area contributed by atoms with Gasteiger partial charge in [-0.15, -0.1) is 12.4 Å². The highest BCUT2D eigenvalue weighted by molar-refractivity contribution is 6.30. The normalized spacial score (nSPS) is 10.3. The number of ether oxygens (including phenoxy) is 1. The SMILES string of the molecule is COc1ccc(Nc2nc(-c3ccc(Cl)cc3)nc3ccccc23)cc1.Cl. The minimum absolute atomic E-state index is 0. The monoisotopic (exact) mass is 397 g/mol. The van der Waals surface area contributed by atoms with Crippen molar-refractivity contribution in [2.24, 2.45) is 0 Å². The van der Waals surface area contributed by atoms with Crippen LogP contribution in [-0.2, 0) is 0 Å². The molecule has 0 amide bonds. The van der Waals surface area contributed by atoms with Gasteiger partial charge in [-0.3, -0.25) is 0 Å². The molecule has 0 aliphatic carbocycles. The summed E-state index contributed by atoms with van der Waals surface area (Å²) in [7, 11) is 1.65. The largest absolute Gasteiger partial charge is 0.497 e. The predicted octanol–water partition coefficient (Wildman–Crippen LogP) is 6.12. The zero-order valence-corrected chi connectivity index (χ0v) is 16.1. The quantitative estimate of drug-likeness (QED) is 0.450. The topological polar surface area (TPSA) is 47.0 Å². The molecule has 0 fully saturated rings. The molecule has 0 radical (unpaired) electrons. The highest BCUT2D eigenvalue weighted by Crippen LogP contribution is 2.28. The average molecular weight is 398 g/mol. The van der Waals surface area contributed by atoms with Crippen LogP contribution in [0.2, 0.25) is 5.02 Å². The van der Waals surface area contributed by atoms with Crippen molar-refractivity contribution in [3.63, 3.8) is 0 Å². The second-order valence-electron chi connectivity index (χ2n) is 5.77. The maximum absolute atomic E-state index is 5.99. The minimum atomic E-state index is 0. The summed E-state index contributed by atoms with van der Waals surface area (Å²) < 4.78 is 5.21. The molecule has 136 valence electrons. The third-order valence-corrected chi connectivity index (χ3v) is 4.31. The van der Waals surface area contributed by atoms with Crippen LogP contribution in [0.25, 0.3) is 22.3 Å². The number of nitrogens with zero attached hydrogens (tertiary/aromatic N) is 2. The van der Waals surface area contributed by atoms with E-state index in [1.54, 1.807) is 7.11 Å². The Hall–Kier alpha value is -2.82. The van der Waals surface area contributed by atoms with Crippen LogP contribution in [-0.4, -0.2) is 17.1 Å². The number of para-hydroxylation sites is 1. The highest BCUT2D eigenvalue weighted by atomic mass is 35.5. The van der Waals surface area contributed by atoms with E-state index in [2.05, 4.69) is 5.32 Å². The highest BCUT2D eigenvalue weighted by Gasteiger charge is 2.10. The zero-order valence-electron chi connectivity index (χ0n) is 14.5. The third-order valence-electron chi connectivity index (χ3n) is 4.06. The number of rotatable bonds is 4. The first-order valence-corrected chi connectivity index (χ1v) is 8.54. The van der Waals surface area contributed by atoms with E-state index in [1.165, 1.54) is 0 Å². The standard InChI is InChI=1S/C21H16ClN3O.ClH/c1-26-17-12-10-16(11-13-17)23-21-18-4-2-3-5-19(18)24-20(25-21)14-6-8-15(22)9-7-14;/h2-13H,1H3,(H,23,24,25);1H.